The van der Waals surface area contributed by atoms with Crippen molar-refractivity contribution in [2.24, 2.45) is 0 Å². The quantitative estimate of drug-likeness (QED) is 0.407. The number of rotatable bonds is 6. The summed E-state index contributed by atoms with van der Waals surface area (Å²) in [6.45, 7) is 0. The second kappa shape index (κ2) is 8.32. The molecule has 0 amide bonds. The Hall–Kier alpha value is -2.91. The molecule has 0 bridgehead atoms. The Balaban J connectivity index is 1.38. The van der Waals surface area contributed by atoms with E-state index in [2.05, 4.69) is 10.2 Å². The molecule has 0 radical (unpaired) electrons. The van der Waals surface area contributed by atoms with Gasteiger partial charge in [-0.05, 0) is 18.6 Å². The Morgan fingerprint density at radius 2 is 1.77 bits per heavy atom. The number of thioether (sulfide) groups is 1. The van der Waals surface area contributed by atoms with Crippen LogP contribution in [-0.4, -0.2) is 39.9 Å². The van der Waals surface area contributed by atoms with Crippen LogP contribution in [0.1, 0.15) is 23.8 Å². The van der Waals surface area contributed by atoms with Gasteiger partial charge in [0.05, 0.1) is 28.8 Å². The number of hydrogen-bond acceptors (Lipinski definition) is 7. The van der Waals surface area contributed by atoms with Gasteiger partial charge in [-0.15, -0.1) is 10.2 Å². The summed E-state index contributed by atoms with van der Waals surface area (Å²) in [6, 6.07) is 20.0. The number of hydrogen-bond donors (Lipinski definition) is 0. The van der Waals surface area contributed by atoms with Gasteiger partial charge in [0.25, 0.3) is 5.22 Å². The topological polar surface area (TPSA) is 90.9 Å². The van der Waals surface area contributed by atoms with Crippen LogP contribution in [0.5, 0.6) is 0 Å². The lowest BCUT2D eigenvalue weighted by Crippen LogP contribution is -2.03. The molecule has 3 heterocycles. The lowest BCUT2D eigenvalue weighted by Gasteiger charge is -2.01. The minimum atomic E-state index is -3.00. The third-order valence-corrected chi connectivity index (χ3v) is 7.85. The molecule has 0 aliphatic carbocycles. The van der Waals surface area contributed by atoms with Gasteiger partial charge in [-0.3, -0.25) is 0 Å². The second-order valence-electron chi connectivity index (χ2n) is 7.44. The van der Waals surface area contributed by atoms with Crippen LogP contribution in [0.25, 0.3) is 16.9 Å². The minimum absolute atomic E-state index is 0.0846. The van der Waals surface area contributed by atoms with Gasteiger partial charge < -0.3 is 4.42 Å². The normalized spacial score (nSPS) is 17.7. The average molecular weight is 453 g/mol. The molecule has 5 rings (SSSR count). The fourth-order valence-corrected chi connectivity index (χ4v) is 6.11. The highest BCUT2D eigenvalue weighted by Gasteiger charge is 2.32. The standard InChI is InChI=1S/C22H20N4O3S2/c27-31(28)12-11-17(15-31)21-23-24-22(29-21)30-14-18-13-26(19-9-5-2-6-10-19)25-20(18)16-7-3-1-4-8-16/h1-10,13,17H,11-12,14-15H2/t17-/m1/s1. The number of sulfone groups is 1. The molecular formula is C22H20N4O3S2. The van der Waals surface area contributed by atoms with E-state index in [0.717, 1.165) is 22.5 Å². The Morgan fingerprint density at radius 3 is 2.48 bits per heavy atom. The number of nitrogens with zero attached hydrogens (tertiary/aromatic N) is 4. The first-order valence-corrected chi connectivity index (χ1v) is 12.7. The summed E-state index contributed by atoms with van der Waals surface area (Å²) in [5.74, 6) is 1.07. The average Bonchev–Trinajstić information content (AvgIpc) is 3.51. The number of aromatic nitrogens is 4. The first-order valence-electron chi connectivity index (χ1n) is 9.93. The highest BCUT2D eigenvalue weighted by molar-refractivity contribution is 7.98. The molecule has 4 aromatic rings. The molecule has 1 aliphatic heterocycles. The van der Waals surface area contributed by atoms with Crippen LogP contribution in [0.15, 0.2) is 76.5 Å². The molecule has 0 unspecified atom stereocenters. The van der Waals surface area contributed by atoms with Crippen molar-refractivity contribution < 1.29 is 12.8 Å². The lowest BCUT2D eigenvalue weighted by atomic mass is 10.1. The molecular weight excluding hydrogens is 432 g/mol. The van der Waals surface area contributed by atoms with Crippen molar-refractivity contribution in [1.82, 2.24) is 20.0 Å². The smallest absolute Gasteiger partial charge is 0.276 e. The van der Waals surface area contributed by atoms with E-state index in [-0.39, 0.29) is 17.4 Å². The van der Waals surface area contributed by atoms with E-state index in [9.17, 15) is 8.42 Å². The monoisotopic (exact) mass is 452 g/mol. The van der Waals surface area contributed by atoms with Crippen molar-refractivity contribution in [3.05, 3.63) is 78.3 Å². The molecule has 0 N–H and O–H groups in total. The van der Waals surface area contributed by atoms with Crippen molar-refractivity contribution in [2.75, 3.05) is 11.5 Å². The van der Waals surface area contributed by atoms with Gasteiger partial charge in [-0.25, -0.2) is 13.1 Å². The van der Waals surface area contributed by atoms with Crippen molar-refractivity contribution >= 4 is 21.6 Å². The zero-order valence-electron chi connectivity index (χ0n) is 16.6. The Labute approximate surface area is 184 Å². The van der Waals surface area contributed by atoms with Crippen LogP contribution in [0.4, 0.5) is 0 Å². The zero-order chi connectivity index (χ0) is 21.3. The molecule has 0 spiro atoms. The van der Waals surface area contributed by atoms with E-state index < -0.39 is 9.84 Å². The van der Waals surface area contributed by atoms with Crippen LogP contribution in [0.3, 0.4) is 0 Å². The van der Waals surface area contributed by atoms with E-state index in [1.165, 1.54) is 11.8 Å². The van der Waals surface area contributed by atoms with Crippen LogP contribution in [0.2, 0.25) is 0 Å². The van der Waals surface area contributed by atoms with Crippen LogP contribution >= 0.6 is 11.8 Å². The number of para-hydroxylation sites is 1. The fourth-order valence-electron chi connectivity index (χ4n) is 3.64. The van der Waals surface area contributed by atoms with Crippen molar-refractivity contribution in [2.45, 2.75) is 23.3 Å². The van der Waals surface area contributed by atoms with Gasteiger partial charge >= 0.3 is 0 Å². The summed E-state index contributed by atoms with van der Waals surface area (Å²) in [7, 11) is -3.00. The molecule has 1 aliphatic rings. The van der Waals surface area contributed by atoms with Crippen LogP contribution in [-0.2, 0) is 15.6 Å². The van der Waals surface area contributed by atoms with Gasteiger partial charge in [-0.1, -0.05) is 60.3 Å². The molecule has 1 fully saturated rings. The van der Waals surface area contributed by atoms with E-state index in [1.807, 2.05) is 71.5 Å². The number of benzene rings is 2. The minimum Gasteiger partial charge on any atom is -0.416 e. The van der Waals surface area contributed by atoms with Crippen molar-refractivity contribution in [1.29, 1.82) is 0 Å². The van der Waals surface area contributed by atoms with E-state index in [1.54, 1.807) is 0 Å². The summed E-state index contributed by atoms with van der Waals surface area (Å²) in [5, 5.41) is 13.5. The SMILES string of the molecule is O=S1(=O)CC[C@@H](c2nnc(SCc3cn(-c4ccccc4)nc3-c3ccccc3)o2)C1. The maximum atomic E-state index is 11.7. The lowest BCUT2D eigenvalue weighted by molar-refractivity contribution is 0.393. The van der Waals surface area contributed by atoms with Crippen LogP contribution < -0.4 is 0 Å². The summed E-state index contributed by atoms with van der Waals surface area (Å²) in [6.07, 6.45) is 2.56. The largest absolute Gasteiger partial charge is 0.416 e. The summed E-state index contributed by atoms with van der Waals surface area (Å²) >= 11 is 1.43. The molecule has 1 atom stereocenters. The van der Waals surface area contributed by atoms with Crippen molar-refractivity contribution in [3.63, 3.8) is 0 Å². The second-order valence-corrected chi connectivity index (χ2v) is 10.6. The van der Waals surface area contributed by atoms with E-state index in [0.29, 0.717) is 23.3 Å². The van der Waals surface area contributed by atoms with Crippen molar-refractivity contribution in [3.8, 4) is 16.9 Å². The molecule has 0 saturated carbocycles. The molecule has 1 saturated heterocycles. The van der Waals surface area contributed by atoms with Gasteiger partial charge in [0, 0.05) is 23.1 Å². The van der Waals surface area contributed by atoms with Gasteiger partial charge in [-0.2, -0.15) is 5.10 Å². The van der Waals surface area contributed by atoms with Gasteiger partial charge in [0.2, 0.25) is 5.89 Å². The van der Waals surface area contributed by atoms with Crippen LogP contribution in [0, 0.1) is 0 Å². The Kier molecular flexibility index (Phi) is 5.37. The summed E-state index contributed by atoms with van der Waals surface area (Å²) in [4.78, 5) is 0. The predicted octanol–water partition coefficient (Wildman–Crippen LogP) is 4.12. The zero-order valence-corrected chi connectivity index (χ0v) is 18.2. The maximum Gasteiger partial charge on any atom is 0.276 e. The molecule has 2 aromatic heterocycles. The third-order valence-electron chi connectivity index (χ3n) is 5.21. The molecule has 2 aromatic carbocycles. The highest BCUT2D eigenvalue weighted by atomic mass is 32.2. The van der Waals surface area contributed by atoms with Gasteiger partial charge in [0.1, 0.15) is 0 Å². The first-order chi connectivity index (χ1) is 15.1. The molecule has 31 heavy (non-hydrogen) atoms. The summed E-state index contributed by atoms with van der Waals surface area (Å²) < 4.78 is 31.1. The van der Waals surface area contributed by atoms with E-state index in [4.69, 9.17) is 9.52 Å². The third kappa shape index (κ3) is 4.42. The Morgan fingerprint density at radius 1 is 1.03 bits per heavy atom. The Bertz CT molecular complexity index is 1280. The predicted molar refractivity (Wildman–Crippen MR) is 119 cm³/mol. The highest BCUT2D eigenvalue weighted by Crippen LogP contribution is 2.32. The summed E-state index contributed by atoms with van der Waals surface area (Å²) in [5.41, 5.74) is 3.97. The fraction of sp³-hybridized carbons (Fsp3) is 0.227. The maximum absolute atomic E-state index is 11.7. The molecule has 9 heteroatoms. The first kappa shape index (κ1) is 20.0. The van der Waals surface area contributed by atoms with E-state index >= 15 is 0 Å². The molecule has 7 nitrogen and oxygen atoms in total. The van der Waals surface area contributed by atoms with Gasteiger partial charge in [0.15, 0.2) is 9.84 Å². The molecule has 158 valence electrons.